The fourth-order valence-corrected chi connectivity index (χ4v) is 2.13. The van der Waals surface area contributed by atoms with Crippen molar-refractivity contribution >= 4 is 10.9 Å². The summed E-state index contributed by atoms with van der Waals surface area (Å²) < 4.78 is 2.12. The number of nitrogens with zero attached hydrogens (tertiary/aromatic N) is 1. The molecule has 0 aliphatic rings. The molecule has 0 saturated heterocycles. The van der Waals surface area contributed by atoms with E-state index in [0.717, 1.165) is 6.26 Å². The minimum atomic E-state index is -0.157. The Kier molecular flexibility index (Phi) is 2.50. The van der Waals surface area contributed by atoms with E-state index in [1.807, 2.05) is 25.3 Å². The third kappa shape index (κ3) is 1.60. The highest BCUT2D eigenvalue weighted by molar-refractivity contribution is 5.85. The summed E-state index contributed by atoms with van der Waals surface area (Å²) in [4.78, 5) is 0. The van der Waals surface area contributed by atoms with Crippen LogP contribution in [0.4, 0.5) is 0 Å². The second kappa shape index (κ2) is 3.71. The largest absolute Gasteiger partial charge is 0.516 e. The molecule has 0 bridgehead atoms. The quantitative estimate of drug-likeness (QED) is 0.762. The van der Waals surface area contributed by atoms with E-state index in [0.29, 0.717) is 0 Å². The van der Waals surface area contributed by atoms with Crippen molar-refractivity contribution in [2.24, 2.45) is 7.05 Å². The lowest BCUT2D eigenvalue weighted by molar-refractivity contribution is 0.462. The predicted molar refractivity (Wildman–Crippen MR) is 67.7 cm³/mol. The summed E-state index contributed by atoms with van der Waals surface area (Å²) in [5.74, 6) is 0. The maximum atomic E-state index is 8.95. The first-order chi connectivity index (χ1) is 7.56. The number of hydrogen-bond acceptors (Lipinski definition) is 1. The number of aliphatic hydroxyl groups excluding tert-OH is 1. The second-order valence-corrected chi connectivity index (χ2v) is 4.71. The molecule has 0 aliphatic heterocycles. The van der Waals surface area contributed by atoms with E-state index in [2.05, 4.69) is 36.7 Å². The average molecular weight is 215 g/mol. The Bertz CT molecular complexity index is 535. The van der Waals surface area contributed by atoms with Crippen LogP contribution in [0.15, 0.2) is 42.8 Å². The molecule has 1 N–H and O–H groups in total. The Labute approximate surface area is 95.8 Å². The van der Waals surface area contributed by atoms with E-state index in [1.165, 1.54) is 16.5 Å². The number of aryl methyl sites for hydroxylation is 1. The zero-order valence-corrected chi connectivity index (χ0v) is 9.94. The number of benzene rings is 1. The summed E-state index contributed by atoms with van der Waals surface area (Å²) in [6.45, 7) is 4.20. The first kappa shape index (κ1) is 10.8. The molecular formula is C14H17NO. The first-order valence-electron chi connectivity index (χ1n) is 5.43. The molecule has 2 heteroatoms. The Hall–Kier alpha value is -1.70. The van der Waals surface area contributed by atoms with Gasteiger partial charge in [0.2, 0.25) is 0 Å². The molecule has 0 spiro atoms. The van der Waals surface area contributed by atoms with Gasteiger partial charge in [0.1, 0.15) is 0 Å². The summed E-state index contributed by atoms with van der Waals surface area (Å²) >= 11 is 0. The molecule has 1 aromatic carbocycles. The highest BCUT2D eigenvalue weighted by Crippen LogP contribution is 2.32. The van der Waals surface area contributed by atoms with Gasteiger partial charge in [-0.2, -0.15) is 0 Å². The number of allylic oxidation sites excluding steroid dienone is 1. The van der Waals surface area contributed by atoms with Gasteiger partial charge in [0, 0.05) is 29.6 Å². The molecule has 0 fully saturated rings. The molecule has 1 aromatic heterocycles. The maximum Gasteiger partial charge on any atom is 0.0760 e. The van der Waals surface area contributed by atoms with Crippen LogP contribution >= 0.6 is 0 Å². The van der Waals surface area contributed by atoms with Gasteiger partial charge in [-0.1, -0.05) is 32.0 Å². The van der Waals surface area contributed by atoms with Crippen molar-refractivity contribution in [1.29, 1.82) is 0 Å². The number of aliphatic hydroxyl groups is 1. The van der Waals surface area contributed by atoms with Crippen LogP contribution < -0.4 is 0 Å². The lowest BCUT2D eigenvalue weighted by Gasteiger charge is -2.18. The summed E-state index contributed by atoms with van der Waals surface area (Å²) in [6, 6.07) is 8.32. The number of para-hydroxylation sites is 1. The SMILES string of the molecule is Cn1cc(C(C)(C)C=CO)c2ccccc21. The van der Waals surface area contributed by atoms with E-state index in [1.54, 1.807) is 0 Å². The van der Waals surface area contributed by atoms with Gasteiger partial charge < -0.3 is 9.67 Å². The molecule has 1 heterocycles. The number of fused-ring (bicyclic) bond motifs is 1. The normalized spacial score (nSPS) is 12.7. The monoisotopic (exact) mass is 215 g/mol. The minimum absolute atomic E-state index is 0.157. The molecule has 0 amide bonds. The van der Waals surface area contributed by atoms with Crippen molar-refractivity contribution in [2.45, 2.75) is 19.3 Å². The molecule has 0 unspecified atom stereocenters. The predicted octanol–water partition coefficient (Wildman–Crippen LogP) is 3.53. The summed E-state index contributed by atoms with van der Waals surface area (Å²) in [6.07, 6.45) is 5.07. The lowest BCUT2D eigenvalue weighted by Crippen LogP contribution is -2.12. The fraction of sp³-hybridized carbons (Fsp3) is 0.286. The molecule has 2 nitrogen and oxygen atoms in total. The Morgan fingerprint density at radius 3 is 2.62 bits per heavy atom. The molecule has 16 heavy (non-hydrogen) atoms. The van der Waals surface area contributed by atoms with Gasteiger partial charge in [-0.05, 0) is 17.7 Å². The van der Waals surface area contributed by atoms with Gasteiger partial charge in [0.15, 0.2) is 0 Å². The Morgan fingerprint density at radius 1 is 1.25 bits per heavy atom. The van der Waals surface area contributed by atoms with Crippen LogP contribution in [-0.4, -0.2) is 9.67 Å². The maximum absolute atomic E-state index is 8.95. The molecule has 0 radical (unpaired) electrons. The number of aromatic nitrogens is 1. The highest BCUT2D eigenvalue weighted by Gasteiger charge is 2.21. The standard InChI is InChI=1S/C14H17NO/c1-14(2,8-9-16)12-10-15(3)13-7-5-4-6-11(12)13/h4-10,16H,1-3H3. The fourth-order valence-electron chi connectivity index (χ4n) is 2.13. The van der Waals surface area contributed by atoms with E-state index in [9.17, 15) is 0 Å². The zero-order chi connectivity index (χ0) is 11.8. The van der Waals surface area contributed by atoms with E-state index in [4.69, 9.17) is 5.11 Å². The van der Waals surface area contributed by atoms with E-state index < -0.39 is 0 Å². The van der Waals surface area contributed by atoms with Crippen LogP contribution in [0, 0.1) is 0 Å². The van der Waals surface area contributed by atoms with Crippen molar-refractivity contribution < 1.29 is 5.11 Å². The van der Waals surface area contributed by atoms with Crippen LogP contribution in [0.25, 0.3) is 10.9 Å². The van der Waals surface area contributed by atoms with Crippen LogP contribution in [0.1, 0.15) is 19.4 Å². The lowest BCUT2D eigenvalue weighted by atomic mass is 9.84. The van der Waals surface area contributed by atoms with Crippen molar-refractivity contribution in [2.75, 3.05) is 0 Å². The van der Waals surface area contributed by atoms with Gasteiger partial charge in [-0.25, -0.2) is 0 Å². The zero-order valence-electron chi connectivity index (χ0n) is 9.94. The first-order valence-corrected chi connectivity index (χ1v) is 5.43. The molecule has 0 aliphatic carbocycles. The van der Waals surface area contributed by atoms with Crippen LogP contribution in [-0.2, 0) is 12.5 Å². The van der Waals surface area contributed by atoms with E-state index >= 15 is 0 Å². The minimum Gasteiger partial charge on any atom is -0.516 e. The molecule has 2 aromatic rings. The summed E-state index contributed by atoms with van der Waals surface area (Å²) in [5, 5.41) is 10.2. The van der Waals surface area contributed by atoms with Crippen molar-refractivity contribution in [3.05, 3.63) is 48.4 Å². The van der Waals surface area contributed by atoms with Gasteiger partial charge in [0.25, 0.3) is 0 Å². The smallest absolute Gasteiger partial charge is 0.0760 e. The topological polar surface area (TPSA) is 25.2 Å². The van der Waals surface area contributed by atoms with Crippen LogP contribution in [0.2, 0.25) is 0 Å². The summed E-state index contributed by atoms with van der Waals surface area (Å²) in [7, 11) is 2.05. The molecule has 0 saturated carbocycles. The highest BCUT2D eigenvalue weighted by atomic mass is 16.2. The van der Waals surface area contributed by atoms with Crippen LogP contribution in [0.3, 0.4) is 0 Å². The van der Waals surface area contributed by atoms with E-state index in [-0.39, 0.29) is 5.41 Å². The van der Waals surface area contributed by atoms with Crippen molar-refractivity contribution in [1.82, 2.24) is 4.57 Å². The molecule has 2 rings (SSSR count). The number of rotatable bonds is 2. The molecular weight excluding hydrogens is 198 g/mol. The third-order valence-corrected chi connectivity index (χ3v) is 3.08. The van der Waals surface area contributed by atoms with Gasteiger partial charge in [-0.3, -0.25) is 0 Å². The average Bonchev–Trinajstić information content (AvgIpc) is 2.58. The van der Waals surface area contributed by atoms with Crippen LogP contribution in [0.5, 0.6) is 0 Å². The summed E-state index contributed by atoms with van der Waals surface area (Å²) in [5.41, 5.74) is 2.29. The number of hydrogen-bond donors (Lipinski definition) is 1. The third-order valence-electron chi connectivity index (χ3n) is 3.08. The van der Waals surface area contributed by atoms with Gasteiger partial charge in [0.05, 0.1) is 6.26 Å². The van der Waals surface area contributed by atoms with Gasteiger partial charge in [-0.15, -0.1) is 0 Å². The molecule has 0 atom stereocenters. The van der Waals surface area contributed by atoms with Gasteiger partial charge >= 0.3 is 0 Å². The van der Waals surface area contributed by atoms with Crippen molar-refractivity contribution in [3.63, 3.8) is 0 Å². The Balaban J connectivity index is 2.70. The Morgan fingerprint density at radius 2 is 1.94 bits per heavy atom. The van der Waals surface area contributed by atoms with Crippen molar-refractivity contribution in [3.8, 4) is 0 Å². The molecule has 84 valence electrons. The second-order valence-electron chi connectivity index (χ2n) is 4.71.